The summed E-state index contributed by atoms with van der Waals surface area (Å²) in [5, 5.41) is 1.42. The molecule has 0 fully saturated rings. The molecule has 0 aliphatic heterocycles. The largest absolute Gasteiger partial charge is 0.496 e. The Balaban J connectivity index is 2.42. The minimum absolute atomic E-state index is 0.0742. The predicted octanol–water partition coefficient (Wildman–Crippen LogP) is 2.93. The van der Waals surface area contributed by atoms with Crippen molar-refractivity contribution in [1.29, 1.82) is 0 Å². The van der Waals surface area contributed by atoms with Gasteiger partial charge in [0.2, 0.25) is 0 Å². The van der Waals surface area contributed by atoms with E-state index in [2.05, 4.69) is 4.98 Å². The Labute approximate surface area is 134 Å². The van der Waals surface area contributed by atoms with Crippen LogP contribution < -0.4 is 15.0 Å². The molecule has 0 N–H and O–H groups in total. The van der Waals surface area contributed by atoms with Crippen LogP contribution in [0.25, 0.3) is 21.9 Å². The quantitative estimate of drug-likeness (QED) is 0.746. The van der Waals surface area contributed by atoms with E-state index in [4.69, 9.17) is 9.47 Å². The lowest BCUT2D eigenvalue weighted by Gasteiger charge is -2.15. The van der Waals surface area contributed by atoms with E-state index in [-0.39, 0.29) is 5.56 Å². The molecule has 2 aromatic heterocycles. The van der Waals surface area contributed by atoms with Crippen LogP contribution in [0.15, 0.2) is 41.6 Å². The van der Waals surface area contributed by atoms with Crippen LogP contribution in [0.1, 0.15) is 5.56 Å². The van der Waals surface area contributed by atoms with Crippen LogP contribution in [0.4, 0.5) is 0 Å². The van der Waals surface area contributed by atoms with Crippen LogP contribution in [0.5, 0.6) is 11.5 Å². The Bertz CT molecular complexity index is 945. The van der Waals surface area contributed by atoms with E-state index in [1.807, 2.05) is 31.3 Å². The smallest absolute Gasteiger partial charge is 0.259 e. The molecule has 0 unspecified atom stereocenters. The van der Waals surface area contributed by atoms with Gasteiger partial charge in [-0.25, -0.2) is 0 Å². The molecule has 0 aliphatic carbocycles. The zero-order valence-electron chi connectivity index (χ0n) is 13.6. The SMILES string of the molecule is COc1cc(-c2cn(C)c(=O)c3cnccc23)c(OC)cc1C. The second kappa shape index (κ2) is 5.76. The van der Waals surface area contributed by atoms with Crippen LogP contribution >= 0.6 is 0 Å². The molecular weight excluding hydrogens is 292 g/mol. The molecule has 0 atom stereocenters. The Kier molecular flexibility index (Phi) is 3.78. The number of fused-ring (bicyclic) bond motifs is 1. The van der Waals surface area contributed by atoms with E-state index in [0.29, 0.717) is 5.39 Å². The number of ether oxygens (including phenoxy) is 2. The topological polar surface area (TPSA) is 53.4 Å². The molecule has 1 aromatic carbocycles. The molecule has 118 valence electrons. The van der Waals surface area contributed by atoms with Gasteiger partial charge in [0, 0.05) is 36.8 Å². The van der Waals surface area contributed by atoms with Crippen molar-refractivity contribution in [3.63, 3.8) is 0 Å². The van der Waals surface area contributed by atoms with Gasteiger partial charge in [0.25, 0.3) is 5.56 Å². The number of hydrogen-bond donors (Lipinski definition) is 0. The van der Waals surface area contributed by atoms with Crippen molar-refractivity contribution in [1.82, 2.24) is 9.55 Å². The summed E-state index contributed by atoms with van der Waals surface area (Å²) in [4.78, 5) is 16.4. The normalized spacial score (nSPS) is 10.8. The minimum atomic E-state index is -0.0742. The Morgan fingerprint density at radius 3 is 2.48 bits per heavy atom. The minimum Gasteiger partial charge on any atom is -0.496 e. The number of aryl methyl sites for hydroxylation is 2. The third-order valence-corrected chi connectivity index (χ3v) is 3.99. The molecule has 0 radical (unpaired) electrons. The monoisotopic (exact) mass is 310 g/mol. The maximum Gasteiger partial charge on any atom is 0.259 e. The van der Waals surface area contributed by atoms with Crippen LogP contribution in [-0.2, 0) is 7.05 Å². The maximum atomic E-state index is 12.3. The van der Waals surface area contributed by atoms with Crippen molar-refractivity contribution in [3.05, 3.63) is 52.7 Å². The zero-order chi connectivity index (χ0) is 16.6. The second-order valence-corrected chi connectivity index (χ2v) is 5.40. The van der Waals surface area contributed by atoms with Gasteiger partial charge < -0.3 is 14.0 Å². The molecule has 0 saturated heterocycles. The highest BCUT2D eigenvalue weighted by atomic mass is 16.5. The molecule has 3 aromatic rings. The summed E-state index contributed by atoms with van der Waals surface area (Å²) in [5.74, 6) is 1.51. The first-order valence-corrected chi connectivity index (χ1v) is 7.23. The molecule has 0 bridgehead atoms. The Hall–Kier alpha value is -2.82. The number of benzene rings is 1. The van der Waals surface area contributed by atoms with Crippen LogP contribution in [0.2, 0.25) is 0 Å². The lowest BCUT2D eigenvalue weighted by atomic mass is 9.99. The van der Waals surface area contributed by atoms with Gasteiger partial charge in [0.15, 0.2) is 0 Å². The summed E-state index contributed by atoms with van der Waals surface area (Å²) in [5.41, 5.74) is 2.69. The third-order valence-electron chi connectivity index (χ3n) is 3.99. The van der Waals surface area contributed by atoms with E-state index in [1.165, 1.54) is 0 Å². The fraction of sp³-hybridized carbons (Fsp3) is 0.222. The fourth-order valence-corrected chi connectivity index (χ4v) is 2.79. The van der Waals surface area contributed by atoms with Gasteiger partial charge in [0.1, 0.15) is 11.5 Å². The first-order valence-electron chi connectivity index (χ1n) is 7.23. The molecule has 0 amide bonds. The zero-order valence-corrected chi connectivity index (χ0v) is 13.6. The van der Waals surface area contributed by atoms with Gasteiger partial charge in [-0.2, -0.15) is 0 Å². The molecule has 23 heavy (non-hydrogen) atoms. The second-order valence-electron chi connectivity index (χ2n) is 5.40. The molecule has 5 nitrogen and oxygen atoms in total. The Morgan fingerprint density at radius 2 is 1.78 bits per heavy atom. The lowest BCUT2D eigenvalue weighted by molar-refractivity contribution is 0.402. The summed E-state index contributed by atoms with van der Waals surface area (Å²) in [6.07, 6.45) is 5.10. The van der Waals surface area contributed by atoms with E-state index in [9.17, 15) is 4.79 Å². The lowest BCUT2D eigenvalue weighted by Crippen LogP contribution is -2.16. The van der Waals surface area contributed by atoms with Crippen molar-refractivity contribution in [2.24, 2.45) is 7.05 Å². The molecule has 2 heterocycles. The number of methoxy groups -OCH3 is 2. The average molecular weight is 310 g/mol. The highest BCUT2D eigenvalue weighted by Crippen LogP contribution is 2.38. The van der Waals surface area contributed by atoms with Gasteiger partial charge in [-0.15, -0.1) is 0 Å². The predicted molar refractivity (Wildman–Crippen MR) is 90.3 cm³/mol. The molecule has 3 rings (SSSR count). The van der Waals surface area contributed by atoms with E-state index in [0.717, 1.165) is 33.6 Å². The number of pyridine rings is 2. The van der Waals surface area contributed by atoms with Gasteiger partial charge >= 0.3 is 0 Å². The first kappa shape index (κ1) is 15.1. The average Bonchev–Trinajstić information content (AvgIpc) is 2.58. The summed E-state index contributed by atoms with van der Waals surface area (Å²) < 4.78 is 12.5. The Morgan fingerprint density at radius 1 is 1.04 bits per heavy atom. The molecule has 5 heteroatoms. The van der Waals surface area contributed by atoms with E-state index in [1.54, 1.807) is 38.2 Å². The standard InChI is InChI=1S/C18H18N2O3/c1-11-7-17(23-4)13(8-16(11)22-3)15-10-20(2)18(21)14-9-19-6-5-12(14)15/h5-10H,1-4H3. The highest BCUT2D eigenvalue weighted by Gasteiger charge is 2.15. The number of hydrogen-bond acceptors (Lipinski definition) is 4. The van der Waals surface area contributed by atoms with Crippen molar-refractivity contribution >= 4 is 10.8 Å². The van der Waals surface area contributed by atoms with Crippen LogP contribution in [-0.4, -0.2) is 23.8 Å². The van der Waals surface area contributed by atoms with Crippen molar-refractivity contribution in [2.45, 2.75) is 6.92 Å². The van der Waals surface area contributed by atoms with Crippen molar-refractivity contribution in [3.8, 4) is 22.6 Å². The van der Waals surface area contributed by atoms with Crippen LogP contribution in [0.3, 0.4) is 0 Å². The summed E-state index contributed by atoms with van der Waals surface area (Å²) in [7, 11) is 5.01. The van der Waals surface area contributed by atoms with Gasteiger partial charge in [-0.3, -0.25) is 9.78 Å². The molecule has 0 spiro atoms. The van der Waals surface area contributed by atoms with E-state index < -0.39 is 0 Å². The first-order chi connectivity index (χ1) is 11.1. The number of rotatable bonds is 3. The van der Waals surface area contributed by atoms with Crippen molar-refractivity contribution in [2.75, 3.05) is 14.2 Å². The highest BCUT2D eigenvalue weighted by molar-refractivity contribution is 5.97. The van der Waals surface area contributed by atoms with E-state index >= 15 is 0 Å². The van der Waals surface area contributed by atoms with Gasteiger partial charge in [-0.1, -0.05) is 0 Å². The number of aromatic nitrogens is 2. The third kappa shape index (κ3) is 2.44. The fourth-order valence-electron chi connectivity index (χ4n) is 2.79. The summed E-state index contributed by atoms with van der Waals surface area (Å²) in [6, 6.07) is 5.72. The molecule has 0 aliphatic rings. The molecule has 0 saturated carbocycles. The molecular formula is C18H18N2O3. The van der Waals surface area contributed by atoms with Gasteiger partial charge in [-0.05, 0) is 36.1 Å². The maximum absolute atomic E-state index is 12.3. The number of nitrogens with zero attached hydrogens (tertiary/aromatic N) is 2. The summed E-state index contributed by atoms with van der Waals surface area (Å²) in [6.45, 7) is 1.97. The van der Waals surface area contributed by atoms with Crippen molar-refractivity contribution < 1.29 is 9.47 Å². The van der Waals surface area contributed by atoms with Crippen LogP contribution in [0, 0.1) is 6.92 Å². The summed E-state index contributed by atoms with van der Waals surface area (Å²) >= 11 is 0. The van der Waals surface area contributed by atoms with Gasteiger partial charge in [0.05, 0.1) is 19.6 Å².